The highest BCUT2D eigenvalue weighted by atomic mass is 16.3. The van der Waals surface area contributed by atoms with Crippen molar-refractivity contribution >= 4 is 18.2 Å². The van der Waals surface area contributed by atoms with E-state index in [1.165, 1.54) is 25.9 Å². The highest BCUT2D eigenvalue weighted by molar-refractivity contribution is 5.94. The van der Waals surface area contributed by atoms with Gasteiger partial charge in [-0.3, -0.25) is 14.6 Å². The lowest BCUT2D eigenvalue weighted by Gasteiger charge is -2.44. The maximum Gasteiger partial charge on any atom is 0.290 e. The topological polar surface area (TPSA) is 98.7 Å². The van der Waals surface area contributed by atoms with Crippen LogP contribution in [0.3, 0.4) is 0 Å². The molecule has 5 rings (SSSR count). The van der Waals surface area contributed by atoms with E-state index in [-0.39, 0.29) is 18.4 Å². The average molecular weight is 397 g/mol. The van der Waals surface area contributed by atoms with Crippen LogP contribution >= 0.6 is 0 Å². The van der Waals surface area contributed by atoms with Gasteiger partial charge < -0.3 is 20.2 Å². The fraction of sp³-hybridized carbons (Fsp3) is 0.429. The number of hydrogen-bond donors (Lipinski definition) is 2. The van der Waals surface area contributed by atoms with E-state index in [1.54, 1.807) is 12.4 Å². The van der Waals surface area contributed by atoms with Crippen molar-refractivity contribution < 1.29 is 14.7 Å². The Kier molecular flexibility index (Phi) is 6.77. The number of nitrogens with one attached hydrogen (secondary N) is 1. The number of carboxylic acid groups (broad SMARTS) is 1. The van der Waals surface area contributed by atoms with Crippen molar-refractivity contribution in [2.24, 2.45) is 5.92 Å². The van der Waals surface area contributed by atoms with Crippen molar-refractivity contribution in [1.29, 1.82) is 0 Å². The van der Waals surface area contributed by atoms with Crippen molar-refractivity contribution in [2.45, 2.75) is 18.9 Å². The van der Waals surface area contributed by atoms with E-state index in [0.717, 1.165) is 23.6 Å². The van der Waals surface area contributed by atoms with Gasteiger partial charge in [0.25, 0.3) is 12.4 Å². The monoisotopic (exact) mass is 397 g/mol. The van der Waals surface area contributed by atoms with Gasteiger partial charge in [0.05, 0.1) is 18.1 Å². The van der Waals surface area contributed by atoms with Gasteiger partial charge in [-0.1, -0.05) is 12.1 Å². The van der Waals surface area contributed by atoms with Crippen LogP contribution in [0.2, 0.25) is 0 Å². The molecule has 2 N–H and O–H groups in total. The second-order valence-corrected chi connectivity index (χ2v) is 7.56. The van der Waals surface area contributed by atoms with Crippen molar-refractivity contribution in [2.75, 3.05) is 38.6 Å². The Bertz CT molecular complexity index is 832. The number of benzene rings is 1. The van der Waals surface area contributed by atoms with E-state index < -0.39 is 0 Å². The molecule has 0 spiro atoms. The van der Waals surface area contributed by atoms with Gasteiger partial charge in [0.15, 0.2) is 0 Å². The van der Waals surface area contributed by atoms with Crippen LogP contribution < -0.4 is 10.2 Å². The molecule has 1 atom stereocenters. The fourth-order valence-corrected chi connectivity index (χ4v) is 3.88. The van der Waals surface area contributed by atoms with Gasteiger partial charge in [0, 0.05) is 37.8 Å². The lowest BCUT2D eigenvalue weighted by molar-refractivity contribution is -0.122. The minimum absolute atomic E-state index is 0.0171. The third kappa shape index (κ3) is 5.08. The summed E-state index contributed by atoms with van der Waals surface area (Å²) in [6.07, 6.45) is 5.88. The van der Waals surface area contributed by atoms with Crippen LogP contribution in [0.4, 0.5) is 5.82 Å². The number of anilines is 1. The first kappa shape index (κ1) is 20.7. The molecular formula is C21H27N5O3. The molecule has 2 aromatic rings. The molecule has 2 bridgehead atoms. The number of piperidine rings is 3. The summed E-state index contributed by atoms with van der Waals surface area (Å²) in [6.45, 7) is 3.10. The summed E-state index contributed by atoms with van der Waals surface area (Å²) in [7, 11) is 3.88. The summed E-state index contributed by atoms with van der Waals surface area (Å²) >= 11 is 0. The Labute approximate surface area is 170 Å². The Morgan fingerprint density at radius 3 is 2.41 bits per heavy atom. The molecule has 4 heterocycles. The van der Waals surface area contributed by atoms with E-state index in [0.29, 0.717) is 11.5 Å². The van der Waals surface area contributed by atoms with Gasteiger partial charge in [-0.25, -0.2) is 4.98 Å². The number of hydrogen-bond acceptors (Lipinski definition) is 6. The summed E-state index contributed by atoms with van der Waals surface area (Å²) < 4.78 is 0. The quantitative estimate of drug-likeness (QED) is 0.758. The molecule has 8 heteroatoms. The molecule has 3 aliphatic rings. The van der Waals surface area contributed by atoms with E-state index in [9.17, 15) is 4.79 Å². The summed E-state index contributed by atoms with van der Waals surface area (Å²) in [5.41, 5.74) is 2.46. The zero-order chi connectivity index (χ0) is 20.8. The molecule has 0 aliphatic carbocycles. The van der Waals surface area contributed by atoms with Crippen LogP contribution in [0.1, 0.15) is 23.2 Å². The van der Waals surface area contributed by atoms with Crippen LogP contribution in [0.5, 0.6) is 0 Å². The molecule has 29 heavy (non-hydrogen) atoms. The normalized spacial score (nSPS) is 22.2. The second-order valence-electron chi connectivity index (χ2n) is 7.56. The highest BCUT2D eigenvalue weighted by Gasteiger charge is 2.34. The minimum Gasteiger partial charge on any atom is -0.483 e. The zero-order valence-corrected chi connectivity index (χ0v) is 16.8. The van der Waals surface area contributed by atoms with E-state index in [2.05, 4.69) is 20.2 Å². The Balaban J connectivity index is 0.000000755. The van der Waals surface area contributed by atoms with Gasteiger partial charge in [-0.15, -0.1) is 0 Å². The number of aromatic nitrogens is 2. The number of nitrogens with zero attached hydrogens (tertiary/aromatic N) is 4. The summed E-state index contributed by atoms with van der Waals surface area (Å²) in [4.78, 5) is 34.2. The minimum atomic E-state index is -0.250. The van der Waals surface area contributed by atoms with E-state index >= 15 is 0 Å². The van der Waals surface area contributed by atoms with Gasteiger partial charge in [-0.05, 0) is 44.0 Å². The third-order valence-corrected chi connectivity index (χ3v) is 5.50. The number of carbonyl (C=O) groups is 2. The first-order valence-corrected chi connectivity index (χ1v) is 9.72. The largest absolute Gasteiger partial charge is 0.483 e. The Morgan fingerprint density at radius 2 is 1.86 bits per heavy atom. The standard InChI is InChI=1S/C20H25N5O.CH2O2/c1-24(2)19-12-21-11-17(22-19)14-3-5-16(6-4-14)20(26)23-18-13-25-9-7-15(18)8-10-25;2-1-3/h3-6,11-12,15,18H,7-10,13H2,1-2H3,(H,23,26);1H,(H,2,3). The molecule has 154 valence electrons. The molecule has 8 nitrogen and oxygen atoms in total. The maximum atomic E-state index is 12.6. The van der Waals surface area contributed by atoms with Gasteiger partial charge in [0.2, 0.25) is 0 Å². The van der Waals surface area contributed by atoms with Crippen LogP contribution in [-0.4, -0.2) is 72.1 Å². The SMILES string of the molecule is CN(C)c1cncc(-c2ccc(C(=O)NC3CN4CCC3CC4)cc2)n1.O=CO. The highest BCUT2D eigenvalue weighted by Crippen LogP contribution is 2.27. The predicted molar refractivity (Wildman–Crippen MR) is 111 cm³/mol. The molecule has 1 aromatic heterocycles. The van der Waals surface area contributed by atoms with Crippen molar-refractivity contribution in [3.63, 3.8) is 0 Å². The van der Waals surface area contributed by atoms with Crippen LogP contribution in [0, 0.1) is 5.92 Å². The predicted octanol–water partition coefficient (Wildman–Crippen LogP) is 1.73. The number of carbonyl (C=O) groups excluding carboxylic acids is 1. The lowest BCUT2D eigenvalue weighted by Crippen LogP contribution is -2.57. The first-order valence-electron chi connectivity index (χ1n) is 9.72. The molecule has 3 fully saturated rings. The van der Waals surface area contributed by atoms with E-state index in [4.69, 9.17) is 9.90 Å². The van der Waals surface area contributed by atoms with Crippen molar-refractivity contribution in [3.05, 3.63) is 42.2 Å². The molecule has 0 saturated carbocycles. The summed E-state index contributed by atoms with van der Waals surface area (Å²) in [5.74, 6) is 1.46. The van der Waals surface area contributed by atoms with Crippen LogP contribution in [0.15, 0.2) is 36.7 Å². The Morgan fingerprint density at radius 1 is 1.21 bits per heavy atom. The zero-order valence-electron chi connectivity index (χ0n) is 16.8. The molecule has 1 unspecified atom stereocenters. The van der Waals surface area contributed by atoms with Crippen molar-refractivity contribution in [3.8, 4) is 11.3 Å². The molecule has 1 amide bonds. The Hall–Kier alpha value is -3.00. The summed E-state index contributed by atoms with van der Waals surface area (Å²) in [6, 6.07) is 7.91. The number of fused-ring (bicyclic) bond motifs is 3. The smallest absolute Gasteiger partial charge is 0.290 e. The number of amides is 1. The second kappa shape index (κ2) is 9.47. The maximum absolute atomic E-state index is 12.6. The lowest BCUT2D eigenvalue weighted by atomic mass is 9.84. The molecule has 3 aliphatic heterocycles. The van der Waals surface area contributed by atoms with Gasteiger partial charge in [-0.2, -0.15) is 0 Å². The summed E-state index contributed by atoms with van der Waals surface area (Å²) in [5, 5.41) is 10.1. The van der Waals surface area contributed by atoms with Crippen LogP contribution in [0.25, 0.3) is 11.3 Å². The third-order valence-electron chi connectivity index (χ3n) is 5.50. The van der Waals surface area contributed by atoms with Crippen molar-refractivity contribution in [1.82, 2.24) is 20.2 Å². The fourth-order valence-electron chi connectivity index (χ4n) is 3.88. The average Bonchev–Trinajstić information content (AvgIpc) is 2.75. The molecular weight excluding hydrogens is 370 g/mol. The molecule has 3 saturated heterocycles. The molecule has 0 radical (unpaired) electrons. The van der Waals surface area contributed by atoms with Gasteiger partial charge >= 0.3 is 0 Å². The first-order chi connectivity index (χ1) is 14.0. The van der Waals surface area contributed by atoms with E-state index in [1.807, 2.05) is 43.3 Å². The molecule has 1 aromatic carbocycles. The van der Waals surface area contributed by atoms with Gasteiger partial charge in [0.1, 0.15) is 5.82 Å². The number of rotatable bonds is 4. The van der Waals surface area contributed by atoms with Crippen LogP contribution in [-0.2, 0) is 4.79 Å².